The van der Waals surface area contributed by atoms with Gasteiger partial charge in [0.1, 0.15) is 60.4 Å². The summed E-state index contributed by atoms with van der Waals surface area (Å²) in [6.07, 6.45) is 2.63. The molecule has 0 fully saturated rings. The highest BCUT2D eigenvalue weighted by Gasteiger charge is 2.41. The number of methoxy groups -OCH3 is 1. The lowest BCUT2D eigenvalue weighted by molar-refractivity contribution is -0.150. The molecule has 3 aromatic carbocycles. The summed E-state index contributed by atoms with van der Waals surface area (Å²) < 4.78 is 27.9. The van der Waals surface area contributed by atoms with Crippen LogP contribution < -0.4 is 47.3 Å². The number of hydrogen-bond acceptors (Lipinski definition) is 21. The van der Waals surface area contributed by atoms with Gasteiger partial charge in [0, 0.05) is 95.6 Å². The van der Waals surface area contributed by atoms with Gasteiger partial charge in [-0.05, 0) is 121 Å². The van der Waals surface area contributed by atoms with Crippen LogP contribution in [-0.2, 0) is 96.1 Å². The van der Waals surface area contributed by atoms with Crippen LogP contribution in [0.15, 0.2) is 102 Å². The molecule has 608 valence electrons. The van der Waals surface area contributed by atoms with Crippen LogP contribution in [0.5, 0.6) is 5.75 Å². The fraction of sp³-hybridized carbons (Fsp3) is 0.550. The number of esters is 2. The van der Waals surface area contributed by atoms with Crippen molar-refractivity contribution in [3.05, 3.63) is 130 Å². The first kappa shape index (κ1) is 91.6. The fourth-order valence-corrected chi connectivity index (χ4v) is 12.5. The van der Waals surface area contributed by atoms with E-state index in [2.05, 4.69) is 42.5 Å². The molecule has 31 heteroatoms. The lowest BCUT2D eigenvalue weighted by Crippen LogP contribution is -2.61. The minimum atomic E-state index is -1.21. The van der Waals surface area contributed by atoms with Gasteiger partial charge in [-0.3, -0.25) is 72.1 Å². The smallest absolute Gasteiger partial charge is 0.309 e. The van der Waals surface area contributed by atoms with E-state index in [1.807, 2.05) is 113 Å². The SMILES string of the molecule is CC[C@H](C)[C@H](NC(=O)C(C)(C)N(C)C)C(=O)N(CCC(=O)NCCNC(=O)[C@H](C)NC(=O)[C@H](C)NC(=O)[C@H](CCCCNC(=O)COCCOC)NC(=O)CCCN1C(=O)C=CC1=O)[C@H](C[C@@H](OC(C)=O)c1nc(C(=O)N[C@@H](Cc2ccc(OCc3ccccc3)cc2)C[C@H](C)C(=O)OCc2ccccc2)cs1)C(C)C. The molecule has 111 heavy (non-hydrogen) atoms. The third-order valence-corrected chi connectivity index (χ3v) is 20.0. The highest BCUT2D eigenvalue weighted by molar-refractivity contribution is 7.09. The summed E-state index contributed by atoms with van der Waals surface area (Å²) in [5.41, 5.74) is 1.62. The number of imide groups is 1. The van der Waals surface area contributed by atoms with E-state index in [0.29, 0.717) is 44.6 Å². The quantitative estimate of drug-likeness (QED) is 0.0157. The summed E-state index contributed by atoms with van der Waals surface area (Å²) in [7, 11) is 5.00. The Morgan fingerprint density at radius 2 is 1.27 bits per heavy atom. The Balaban J connectivity index is 1.27. The first-order valence-electron chi connectivity index (χ1n) is 37.8. The fourth-order valence-electron chi connectivity index (χ4n) is 11.6. The third-order valence-electron chi connectivity index (χ3n) is 19.0. The van der Waals surface area contributed by atoms with Gasteiger partial charge in [0.15, 0.2) is 6.10 Å². The summed E-state index contributed by atoms with van der Waals surface area (Å²) in [5, 5.41) is 23.9. The van der Waals surface area contributed by atoms with E-state index in [0.717, 1.165) is 45.1 Å². The molecule has 1 aliphatic rings. The van der Waals surface area contributed by atoms with Gasteiger partial charge in [0.2, 0.25) is 47.3 Å². The van der Waals surface area contributed by atoms with Crippen molar-refractivity contribution in [2.24, 2.45) is 17.8 Å². The van der Waals surface area contributed by atoms with Crippen molar-refractivity contribution < 1.29 is 86.0 Å². The van der Waals surface area contributed by atoms with Gasteiger partial charge in [-0.1, -0.05) is 114 Å². The average Bonchev–Trinajstić information content (AvgIpc) is 1.78. The summed E-state index contributed by atoms with van der Waals surface area (Å²) in [6, 6.07) is 20.5. The molecule has 0 saturated heterocycles. The Morgan fingerprint density at radius 3 is 1.89 bits per heavy atom. The largest absolute Gasteiger partial charge is 0.489 e. The van der Waals surface area contributed by atoms with E-state index in [1.165, 1.54) is 38.2 Å². The van der Waals surface area contributed by atoms with Crippen molar-refractivity contribution in [1.82, 2.24) is 62.2 Å². The molecule has 30 nitrogen and oxygen atoms in total. The van der Waals surface area contributed by atoms with E-state index in [4.69, 9.17) is 28.7 Å². The second kappa shape index (κ2) is 47.3. The van der Waals surface area contributed by atoms with Crippen LogP contribution in [0.25, 0.3) is 0 Å². The molecule has 0 unspecified atom stereocenters. The van der Waals surface area contributed by atoms with Gasteiger partial charge in [-0.2, -0.15) is 0 Å². The molecule has 2 heterocycles. The van der Waals surface area contributed by atoms with Crippen LogP contribution in [0.4, 0.5) is 0 Å². The molecule has 1 aliphatic heterocycles. The van der Waals surface area contributed by atoms with Crippen LogP contribution in [0, 0.1) is 17.8 Å². The van der Waals surface area contributed by atoms with Crippen molar-refractivity contribution in [3.8, 4) is 5.75 Å². The molecular weight excluding hydrogens is 1450 g/mol. The first-order chi connectivity index (χ1) is 52.8. The number of nitrogens with zero attached hydrogens (tertiary/aromatic N) is 4. The number of rotatable bonds is 50. The summed E-state index contributed by atoms with van der Waals surface area (Å²) in [6.45, 7) is 17.3. The molecule has 9 atom stereocenters. The Labute approximate surface area is 655 Å². The molecule has 0 spiro atoms. The molecule has 0 bridgehead atoms. The number of thiazole rings is 1. The number of ether oxygens (including phenoxy) is 5. The number of benzene rings is 3. The topological polar surface area (TPSA) is 387 Å². The summed E-state index contributed by atoms with van der Waals surface area (Å²) >= 11 is 1.07. The normalized spacial score (nSPS) is 14.5. The molecule has 1 aromatic heterocycles. The van der Waals surface area contributed by atoms with E-state index in [9.17, 15) is 57.5 Å². The van der Waals surface area contributed by atoms with Crippen molar-refractivity contribution in [3.63, 3.8) is 0 Å². The Hall–Kier alpha value is -9.98. The van der Waals surface area contributed by atoms with Crippen molar-refractivity contribution in [2.75, 3.05) is 73.7 Å². The predicted octanol–water partition coefficient (Wildman–Crippen LogP) is 5.32. The highest BCUT2D eigenvalue weighted by Crippen LogP contribution is 2.32. The van der Waals surface area contributed by atoms with Crippen molar-refractivity contribution >= 4 is 88.3 Å². The highest BCUT2D eigenvalue weighted by atomic mass is 32.1. The second-order valence-electron chi connectivity index (χ2n) is 28.7. The molecule has 11 amide bonds. The van der Waals surface area contributed by atoms with Crippen LogP contribution in [-0.4, -0.2) is 212 Å². The van der Waals surface area contributed by atoms with Gasteiger partial charge < -0.3 is 71.1 Å². The van der Waals surface area contributed by atoms with Crippen LogP contribution in [0.2, 0.25) is 0 Å². The maximum Gasteiger partial charge on any atom is 0.309 e. The second-order valence-corrected chi connectivity index (χ2v) is 29.6. The Bertz CT molecular complexity index is 3730. The lowest BCUT2D eigenvalue weighted by atomic mass is 9.91. The van der Waals surface area contributed by atoms with Crippen LogP contribution in [0.1, 0.15) is 165 Å². The minimum Gasteiger partial charge on any atom is -0.489 e. The van der Waals surface area contributed by atoms with Gasteiger partial charge in [-0.25, -0.2) is 4.98 Å². The van der Waals surface area contributed by atoms with Gasteiger partial charge in [0.25, 0.3) is 17.7 Å². The number of nitrogens with one attached hydrogen (secondary N) is 8. The zero-order valence-corrected chi connectivity index (χ0v) is 67.1. The van der Waals surface area contributed by atoms with E-state index >= 15 is 4.79 Å². The first-order valence-corrected chi connectivity index (χ1v) is 38.7. The number of aromatic nitrogens is 1. The summed E-state index contributed by atoms with van der Waals surface area (Å²) in [5.74, 6) is -7.94. The standard InChI is InChI=1S/C80H114N12O18S/c1-14-52(4)71(89-79(105)80(9,10)90(11)12)77(103)91(41-36-66(94)82-38-39-83-72(99)54(6)84-73(100)55(7)85-74(101)62(28-21-22-37-81-68(96)49-107-43-42-106-13)87-67(95)29-23-40-92-69(97)34-35-70(92)98)64(51(2)3)46-65(110-56(8)93)76-88-63(50-111-76)75(102)86-60(44-53(5)78(104)109-48-59-26-19-16-20-27-59)45-57-30-32-61(33-31-57)108-47-58-24-17-15-18-25-58/h15-20,24-27,30-35,50-55,60,62,64-65,71H,14,21-23,28-29,36-49H2,1-13H3,(H,81,96)(H,82,94)(H,83,99)(H,84,100)(H,85,101)(H,86,102)(H,87,95)(H,89,105)/t52-,53-,54-,55-,60+,62-,64+,65+,71-/m0/s1. The minimum absolute atomic E-state index is 0.00326. The third kappa shape index (κ3) is 31.7. The molecule has 5 rings (SSSR count). The Morgan fingerprint density at radius 1 is 0.649 bits per heavy atom. The van der Waals surface area contributed by atoms with E-state index < -0.39 is 131 Å². The maximum atomic E-state index is 15.5. The predicted molar refractivity (Wildman–Crippen MR) is 415 cm³/mol. The monoisotopic (exact) mass is 1560 g/mol. The molecule has 0 aliphatic carbocycles. The molecule has 0 saturated carbocycles. The van der Waals surface area contributed by atoms with Gasteiger partial charge in [0.05, 0.1) is 24.7 Å². The lowest BCUT2D eigenvalue weighted by Gasteiger charge is -2.40. The van der Waals surface area contributed by atoms with Gasteiger partial charge >= 0.3 is 11.9 Å². The molecule has 0 radical (unpaired) electrons. The van der Waals surface area contributed by atoms with Crippen LogP contribution in [0.3, 0.4) is 0 Å². The number of likely N-dealkylation sites (N-methyl/N-ethyl adjacent to an activating group) is 1. The van der Waals surface area contributed by atoms with Crippen molar-refractivity contribution in [2.45, 2.75) is 195 Å². The Kier molecular flexibility index (Phi) is 39.0. The molecule has 8 N–H and O–H groups in total. The number of carbonyl (C=O) groups is 13. The van der Waals surface area contributed by atoms with Crippen molar-refractivity contribution in [1.29, 1.82) is 0 Å². The zero-order chi connectivity index (χ0) is 81.7. The maximum absolute atomic E-state index is 15.5. The zero-order valence-electron chi connectivity index (χ0n) is 66.3. The number of unbranched alkanes of at least 4 members (excludes halogenated alkanes) is 1. The van der Waals surface area contributed by atoms with Crippen LogP contribution >= 0.6 is 11.3 Å². The van der Waals surface area contributed by atoms with E-state index in [-0.39, 0.29) is 114 Å². The number of carbonyl (C=O) groups excluding carboxylic acids is 13. The average molecular weight is 1560 g/mol. The van der Waals surface area contributed by atoms with E-state index in [1.54, 1.807) is 39.8 Å². The number of hydrogen-bond donors (Lipinski definition) is 8. The molecule has 4 aromatic rings. The number of amides is 11. The summed E-state index contributed by atoms with van der Waals surface area (Å²) in [4.78, 5) is 184. The molecular formula is C80H114N12O18S. The van der Waals surface area contributed by atoms with Gasteiger partial charge in [-0.15, -0.1) is 11.3 Å².